The molecule has 174 valence electrons. The number of hydrogen-bond acceptors (Lipinski definition) is 7. The van der Waals surface area contributed by atoms with Crippen LogP contribution in [0.15, 0.2) is 0 Å². The van der Waals surface area contributed by atoms with Crippen LogP contribution in [0.4, 0.5) is 0 Å². The van der Waals surface area contributed by atoms with Crippen LogP contribution < -0.4 is 11.1 Å². The van der Waals surface area contributed by atoms with Crippen LogP contribution in [-0.4, -0.2) is 65.6 Å². The summed E-state index contributed by atoms with van der Waals surface area (Å²) in [5.41, 5.74) is 6.07. The van der Waals surface area contributed by atoms with E-state index in [2.05, 4.69) is 20.0 Å². The van der Waals surface area contributed by atoms with Gasteiger partial charge in [-0.05, 0) is 38.0 Å². The van der Waals surface area contributed by atoms with Gasteiger partial charge in [-0.15, -0.1) is 0 Å². The van der Waals surface area contributed by atoms with Crippen molar-refractivity contribution in [1.82, 2.24) is 15.1 Å². The Morgan fingerprint density at radius 1 is 1.03 bits per heavy atom. The third-order valence-corrected chi connectivity index (χ3v) is 7.54. The Bertz CT molecular complexity index is 499. The van der Waals surface area contributed by atoms with Crippen LogP contribution >= 0.6 is 0 Å². The Kier molecular flexibility index (Phi) is 10.3. The molecule has 0 aromatic heterocycles. The van der Waals surface area contributed by atoms with E-state index in [9.17, 15) is 4.79 Å². The van der Waals surface area contributed by atoms with Crippen LogP contribution in [0.5, 0.6) is 0 Å². The van der Waals surface area contributed by atoms with E-state index < -0.39 is 5.97 Å². The van der Waals surface area contributed by atoms with Gasteiger partial charge in [0, 0.05) is 38.3 Å². The fourth-order valence-electron chi connectivity index (χ4n) is 6.04. The van der Waals surface area contributed by atoms with Gasteiger partial charge in [0.25, 0.3) is 0 Å². The minimum Gasteiger partial charge on any atom is -0.329 e. The molecule has 2 saturated carbocycles. The molecular formula is C23H44N4O3. The molecule has 2 aliphatic carbocycles. The molecule has 7 heteroatoms. The summed E-state index contributed by atoms with van der Waals surface area (Å²) >= 11 is 0. The summed E-state index contributed by atoms with van der Waals surface area (Å²) in [7, 11) is 0. The van der Waals surface area contributed by atoms with E-state index in [0.29, 0.717) is 31.0 Å². The van der Waals surface area contributed by atoms with E-state index in [1.165, 1.54) is 70.6 Å². The number of rotatable bonds is 7. The zero-order valence-corrected chi connectivity index (χ0v) is 18.8. The van der Waals surface area contributed by atoms with Gasteiger partial charge in [-0.2, -0.15) is 5.26 Å². The summed E-state index contributed by atoms with van der Waals surface area (Å²) in [5.74, 6) is -0.199. The largest absolute Gasteiger partial charge is 0.342 e. The second-order valence-corrected chi connectivity index (χ2v) is 9.65. The predicted octanol–water partition coefficient (Wildman–Crippen LogP) is 3.29. The van der Waals surface area contributed by atoms with Gasteiger partial charge in [-0.1, -0.05) is 51.4 Å². The van der Waals surface area contributed by atoms with Crippen molar-refractivity contribution in [3.8, 4) is 0 Å². The molecule has 0 aromatic rings. The molecule has 3 atom stereocenters. The topological polar surface area (TPSA) is 91.1 Å². The molecule has 7 nitrogen and oxygen atoms in total. The normalized spacial score (nSPS) is 30.4. The minimum absolute atomic E-state index is 0.257. The smallest absolute Gasteiger partial charge is 0.329 e. The lowest BCUT2D eigenvalue weighted by molar-refractivity contribution is -0.235. The van der Waals surface area contributed by atoms with Crippen molar-refractivity contribution in [3.05, 3.63) is 0 Å². The van der Waals surface area contributed by atoms with Gasteiger partial charge in [0.1, 0.15) is 6.29 Å². The molecule has 0 bridgehead atoms. The maximum Gasteiger partial charge on any atom is 0.342 e. The zero-order chi connectivity index (χ0) is 21.2. The standard InChI is InChI=1S/C23H44N4O3/c24-13-15-26(20-10-6-2-1-3-7-11-20)23-25-14-16-27(23)21-12-8-4-5-9-19(17-21)18-22(28)30-29/h19-21,23,25,29H,1-18,24H2/t19?,21?,23-/m0/s1. The van der Waals surface area contributed by atoms with Gasteiger partial charge >= 0.3 is 5.97 Å². The quantitative estimate of drug-likeness (QED) is 0.427. The first-order valence-electron chi connectivity index (χ1n) is 12.5. The maximum atomic E-state index is 11.7. The van der Waals surface area contributed by atoms with E-state index in [4.69, 9.17) is 11.0 Å². The van der Waals surface area contributed by atoms with E-state index >= 15 is 0 Å². The first-order chi connectivity index (χ1) is 14.7. The van der Waals surface area contributed by atoms with E-state index in [-0.39, 0.29) is 6.29 Å². The number of hydrogen-bond donors (Lipinski definition) is 3. The van der Waals surface area contributed by atoms with Crippen molar-refractivity contribution in [2.24, 2.45) is 11.7 Å². The summed E-state index contributed by atoms with van der Waals surface area (Å²) in [4.78, 5) is 21.0. The van der Waals surface area contributed by atoms with Gasteiger partial charge in [0.05, 0.1) is 6.42 Å². The molecule has 1 aliphatic heterocycles. The maximum absolute atomic E-state index is 11.7. The van der Waals surface area contributed by atoms with Crippen molar-refractivity contribution in [3.63, 3.8) is 0 Å². The number of carbonyl (C=O) groups excluding carboxylic acids is 1. The fraction of sp³-hybridized carbons (Fsp3) is 0.957. The van der Waals surface area contributed by atoms with Crippen molar-refractivity contribution in [2.45, 2.75) is 108 Å². The van der Waals surface area contributed by atoms with E-state index in [1.807, 2.05) is 0 Å². The highest BCUT2D eigenvalue weighted by molar-refractivity contribution is 5.68. The van der Waals surface area contributed by atoms with Crippen LogP contribution in [0.2, 0.25) is 0 Å². The summed E-state index contributed by atoms with van der Waals surface area (Å²) in [6.45, 7) is 3.70. The Balaban J connectivity index is 1.70. The number of carbonyl (C=O) groups is 1. The van der Waals surface area contributed by atoms with Gasteiger partial charge in [0.2, 0.25) is 0 Å². The van der Waals surface area contributed by atoms with Crippen LogP contribution in [0.25, 0.3) is 0 Å². The molecule has 0 radical (unpaired) electrons. The summed E-state index contributed by atoms with van der Waals surface area (Å²) in [5, 5.41) is 12.5. The van der Waals surface area contributed by atoms with Crippen LogP contribution in [0, 0.1) is 5.92 Å². The van der Waals surface area contributed by atoms with E-state index in [0.717, 1.165) is 32.5 Å². The molecule has 3 aliphatic rings. The van der Waals surface area contributed by atoms with Crippen molar-refractivity contribution in [2.75, 3.05) is 26.2 Å². The molecule has 30 heavy (non-hydrogen) atoms. The number of nitrogens with zero attached hydrogens (tertiary/aromatic N) is 2. The lowest BCUT2D eigenvalue weighted by Gasteiger charge is -2.44. The van der Waals surface area contributed by atoms with E-state index in [1.54, 1.807) is 0 Å². The van der Waals surface area contributed by atoms with Crippen molar-refractivity contribution in [1.29, 1.82) is 0 Å². The Morgan fingerprint density at radius 3 is 2.43 bits per heavy atom. The van der Waals surface area contributed by atoms with Gasteiger partial charge in [-0.25, -0.2) is 4.79 Å². The van der Waals surface area contributed by atoms with Crippen LogP contribution in [0.1, 0.15) is 89.9 Å². The average Bonchev–Trinajstić information content (AvgIpc) is 3.17. The lowest BCUT2D eigenvalue weighted by atomic mass is 9.85. The monoisotopic (exact) mass is 424 g/mol. The summed E-state index contributed by atoms with van der Waals surface area (Å²) < 4.78 is 0. The molecule has 1 saturated heterocycles. The molecule has 2 unspecified atom stereocenters. The Labute approximate surface area is 182 Å². The third-order valence-electron chi connectivity index (χ3n) is 7.54. The highest BCUT2D eigenvalue weighted by Crippen LogP contribution is 2.32. The van der Waals surface area contributed by atoms with Crippen LogP contribution in [0.3, 0.4) is 0 Å². The fourth-order valence-corrected chi connectivity index (χ4v) is 6.04. The first kappa shape index (κ1) is 23.9. The minimum atomic E-state index is -0.491. The number of nitrogens with two attached hydrogens (primary N) is 1. The lowest BCUT2D eigenvalue weighted by Crippen LogP contribution is -2.58. The van der Waals surface area contributed by atoms with Gasteiger partial charge in [0.15, 0.2) is 0 Å². The Hall–Kier alpha value is -0.730. The first-order valence-corrected chi connectivity index (χ1v) is 12.5. The van der Waals surface area contributed by atoms with Gasteiger partial charge in [-0.3, -0.25) is 15.1 Å². The van der Waals surface area contributed by atoms with Crippen LogP contribution in [-0.2, 0) is 9.68 Å². The van der Waals surface area contributed by atoms with Crippen molar-refractivity contribution >= 4 is 5.97 Å². The third kappa shape index (κ3) is 6.89. The molecule has 3 fully saturated rings. The van der Waals surface area contributed by atoms with Gasteiger partial charge < -0.3 is 10.6 Å². The highest BCUT2D eigenvalue weighted by atomic mass is 17.1. The molecule has 1 heterocycles. The molecule has 0 spiro atoms. The molecule has 0 aromatic carbocycles. The molecular weight excluding hydrogens is 380 g/mol. The molecule has 4 N–H and O–H groups in total. The predicted molar refractivity (Wildman–Crippen MR) is 119 cm³/mol. The SMILES string of the molecule is NCCN(C1CCCCCCC1)[C@@H]1NCCN1C1CCCCCC(CC(=O)OO)C1. The Morgan fingerprint density at radius 2 is 1.70 bits per heavy atom. The second-order valence-electron chi connectivity index (χ2n) is 9.65. The molecule has 3 rings (SSSR count). The summed E-state index contributed by atoms with van der Waals surface area (Å²) in [6.07, 6.45) is 16.8. The molecule has 0 amide bonds. The highest BCUT2D eigenvalue weighted by Gasteiger charge is 2.38. The van der Waals surface area contributed by atoms with Crippen molar-refractivity contribution < 1.29 is 14.9 Å². The second kappa shape index (κ2) is 13.0. The number of nitrogens with one attached hydrogen (secondary N) is 1. The summed E-state index contributed by atoms with van der Waals surface area (Å²) in [6, 6.07) is 1.08. The average molecular weight is 425 g/mol. The zero-order valence-electron chi connectivity index (χ0n) is 18.8.